The van der Waals surface area contributed by atoms with Crippen molar-refractivity contribution in [3.8, 4) is 11.5 Å². The van der Waals surface area contributed by atoms with Gasteiger partial charge in [-0.1, -0.05) is 20.3 Å². The van der Waals surface area contributed by atoms with Crippen molar-refractivity contribution in [2.45, 2.75) is 51.9 Å². The average Bonchev–Trinajstić information content (AvgIpc) is 2.72. The quantitative estimate of drug-likeness (QED) is 0.855. The predicted octanol–water partition coefficient (Wildman–Crippen LogP) is 4.05. The van der Waals surface area contributed by atoms with Crippen LogP contribution in [-0.2, 0) is 6.42 Å². The second-order valence-corrected chi connectivity index (χ2v) is 6.02. The van der Waals surface area contributed by atoms with E-state index in [0.717, 1.165) is 37.4 Å². The smallest absolute Gasteiger partial charge is 0.184 e. The van der Waals surface area contributed by atoms with Crippen LogP contribution in [0.3, 0.4) is 0 Å². The van der Waals surface area contributed by atoms with E-state index in [4.69, 9.17) is 4.74 Å². The molecule has 0 bridgehead atoms. The Morgan fingerprint density at radius 3 is 2.95 bits per heavy atom. The Morgan fingerprint density at radius 2 is 2.20 bits per heavy atom. The molecule has 0 saturated heterocycles. The number of nitrogens with one attached hydrogen (secondary N) is 1. The molecule has 110 valence electrons. The van der Waals surface area contributed by atoms with Gasteiger partial charge in [-0.15, -0.1) is 0 Å². The third-order valence-corrected chi connectivity index (χ3v) is 4.97. The zero-order chi connectivity index (χ0) is 14.1. The van der Waals surface area contributed by atoms with Crippen molar-refractivity contribution in [3.05, 3.63) is 17.2 Å². The first-order chi connectivity index (χ1) is 9.76. The summed E-state index contributed by atoms with van der Waals surface area (Å²) in [6.45, 7) is 6.15. The molecule has 1 aliphatic heterocycles. The van der Waals surface area contributed by atoms with Crippen LogP contribution in [0, 0.1) is 5.92 Å². The Labute approximate surface area is 121 Å². The van der Waals surface area contributed by atoms with E-state index in [2.05, 4.69) is 19.2 Å². The molecule has 0 aromatic heterocycles. The van der Waals surface area contributed by atoms with E-state index in [9.17, 15) is 5.11 Å². The SMILES string of the molecule is CCC1CCc2c(cc(O)c3c2NCCCO3)C1CC. The van der Waals surface area contributed by atoms with Crippen LogP contribution in [0.5, 0.6) is 11.5 Å². The maximum atomic E-state index is 10.3. The van der Waals surface area contributed by atoms with Crippen LogP contribution in [0.1, 0.15) is 56.6 Å². The van der Waals surface area contributed by atoms with E-state index in [-0.39, 0.29) is 0 Å². The summed E-state index contributed by atoms with van der Waals surface area (Å²) in [6.07, 6.45) is 5.70. The fourth-order valence-corrected chi connectivity index (χ4v) is 3.93. The lowest BCUT2D eigenvalue weighted by Crippen LogP contribution is -2.21. The third kappa shape index (κ3) is 2.13. The van der Waals surface area contributed by atoms with Crippen LogP contribution >= 0.6 is 0 Å². The minimum absolute atomic E-state index is 0.309. The van der Waals surface area contributed by atoms with Crippen LogP contribution < -0.4 is 10.1 Å². The number of hydrogen-bond donors (Lipinski definition) is 2. The number of phenols is 1. The predicted molar refractivity (Wildman–Crippen MR) is 81.8 cm³/mol. The number of ether oxygens (including phenoxy) is 1. The van der Waals surface area contributed by atoms with E-state index in [1.165, 1.54) is 24.0 Å². The lowest BCUT2D eigenvalue weighted by Gasteiger charge is -2.34. The Bertz CT molecular complexity index is 498. The molecule has 2 N–H and O–H groups in total. The summed E-state index contributed by atoms with van der Waals surface area (Å²) < 4.78 is 5.75. The van der Waals surface area contributed by atoms with Gasteiger partial charge >= 0.3 is 0 Å². The first-order valence-corrected chi connectivity index (χ1v) is 8.01. The minimum Gasteiger partial charge on any atom is -0.504 e. The Morgan fingerprint density at radius 1 is 1.35 bits per heavy atom. The van der Waals surface area contributed by atoms with Crippen molar-refractivity contribution in [2.24, 2.45) is 5.92 Å². The summed E-state index contributed by atoms with van der Waals surface area (Å²) in [5, 5.41) is 13.8. The summed E-state index contributed by atoms with van der Waals surface area (Å²) in [4.78, 5) is 0. The summed E-state index contributed by atoms with van der Waals surface area (Å²) in [5.74, 6) is 2.30. The lowest BCUT2D eigenvalue weighted by atomic mass is 9.72. The molecule has 0 saturated carbocycles. The number of fused-ring (bicyclic) bond motifs is 3. The Balaban J connectivity index is 2.11. The first kappa shape index (κ1) is 13.6. The van der Waals surface area contributed by atoms with Crippen LogP contribution in [0.25, 0.3) is 0 Å². The van der Waals surface area contributed by atoms with E-state index >= 15 is 0 Å². The number of anilines is 1. The van der Waals surface area contributed by atoms with Crippen molar-refractivity contribution in [1.29, 1.82) is 0 Å². The molecule has 3 heteroatoms. The molecule has 2 atom stereocenters. The minimum atomic E-state index is 0.309. The maximum Gasteiger partial charge on any atom is 0.184 e. The summed E-state index contributed by atoms with van der Waals surface area (Å²) in [6, 6.07) is 1.97. The molecule has 1 heterocycles. The molecule has 1 aromatic rings. The third-order valence-electron chi connectivity index (χ3n) is 4.97. The molecule has 20 heavy (non-hydrogen) atoms. The fourth-order valence-electron chi connectivity index (χ4n) is 3.93. The molecule has 1 aliphatic carbocycles. The molecule has 0 radical (unpaired) electrons. The largest absolute Gasteiger partial charge is 0.504 e. The molecule has 3 rings (SSSR count). The van der Waals surface area contributed by atoms with Crippen molar-refractivity contribution in [3.63, 3.8) is 0 Å². The van der Waals surface area contributed by atoms with Gasteiger partial charge in [0.1, 0.15) is 0 Å². The molecule has 2 aliphatic rings. The molecule has 2 unspecified atom stereocenters. The van der Waals surface area contributed by atoms with Crippen LogP contribution in [-0.4, -0.2) is 18.3 Å². The van der Waals surface area contributed by atoms with E-state index in [0.29, 0.717) is 24.0 Å². The van der Waals surface area contributed by atoms with Gasteiger partial charge in [0, 0.05) is 6.54 Å². The Kier molecular flexibility index (Phi) is 3.77. The van der Waals surface area contributed by atoms with Gasteiger partial charge in [0.25, 0.3) is 0 Å². The fraction of sp³-hybridized carbons (Fsp3) is 0.647. The van der Waals surface area contributed by atoms with Gasteiger partial charge < -0.3 is 15.2 Å². The van der Waals surface area contributed by atoms with Gasteiger partial charge in [-0.3, -0.25) is 0 Å². The molecule has 0 amide bonds. The van der Waals surface area contributed by atoms with Crippen LogP contribution in [0.15, 0.2) is 6.07 Å². The highest BCUT2D eigenvalue weighted by atomic mass is 16.5. The van der Waals surface area contributed by atoms with Crippen molar-refractivity contribution < 1.29 is 9.84 Å². The maximum absolute atomic E-state index is 10.3. The standard InChI is InChI=1S/C17H25NO2/c1-3-11-6-7-13-14(12(11)4-2)10-15(19)17-16(13)18-8-5-9-20-17/h10-12,18-19H,3-9H2,1-2H3. The van der Waals surface area contributed by atoms with Crippen LogP contribution in [0.2, 0.25) is 0 Å². The zero-order valence-electron chi connectivity index (χ0n) is 12.5. The number of benzene rings is 1. The molecule has 1 aromatic carbocycles. The average molecular weight is 275 g/mol. The summed E-state index contributed by atoms with van der Waals surface area (Å²) >= 11 is 0. The van der Waals surface area contributed by atoms with Gasteiger partial charge in [-0.2, -0.15) is 0 Å². The van der Waals surface area contributed by atoms with E-state index in [1.807, 2.05) is 6.07 Å². The van der Waals surface area contributed by atoms with E-state index < -0.39 is 0 Å². The van der Waals surface area contributed by atoms with Crippen LogP contribution in [0.4, 0.5) is 5.69 Å². The highest BCUT2D eigenvalue weighted by Crippen LogP contribution is 2.49. The molecular weight excluding hydrogens is 250 g/mol. The van der Waals surface area contributed by atoms with Crippen molar-refractivity contribution >= 4 is 5.69 Å². The number of hydrogen-bond acceptors (Lipinski definition) is 3. The van der Waals surface area contributed by atoms with Gasteiger partial charge in [0.2, 0.25) is 0 Å². The Hall–Kier alpha value is -1.38. The first-order valence-electron chi connectivity index (χ1n) is 8.01. The van der Waals surface area contributed by atoms with E-state index in [1.54, 1.807) is 0 Å². The van der Waals surface area contributed by atoms with Crippen molar-refractivity contribution in [1.82, 2.24) is 0 Å². The molecule has 3 nitrogen and oxygen atoms in total. The lowest BCUT2D eigenvalue weighted by molar-refractivity contribution is 0.302. The van der Waals surface area contributed by atoms with Crippen molar-refractivity contribution in [2.75, 3.05) is 18.5 Å². The van der Waals surface area contributed by atoms with Gasteiger partial charge in [-0.25, -0.2) is 0 Å². The molecule has 0 fully saturated rings. The highest BCUT2D eigenvalue weighted by molar-refractivity contribution is 5.71. The van der Waals surface area contributed by atoms with Gasteiger partial charge in [0.05, 0.1) is 12.3 Å². The van der Waals surface area contributed by atoms with Gasteiger partial charge in [0.15, 0.2) is 11.5 Å². The summed E-state index contributed by atoms with van der Waals surface area (Å²) in [5.41, 5.74) is 3.79. The van der Waals surface area contributed by atoms with Gasteiger partial charge in [-0.05, 0) is 54.7 Å². The second-order valence-electron chi connectivity index (χ2n) is 6.02. The normalized spacial score (nSPS) is 24.9. The second kappa shape index (κ2) is 5.55. The molecular formula is C17H25NO2. The number of aromatic hydroxyl groups is 1. The monoisotopic (exact) mass is 275 g/mol. The number of rotatable bonds is 2. The summed E-state index contributed by atoms with van der Waals surface area (Å²) in [7, 11) is 0. The molecule has 0 spiro atoms. The topological polar surface area (TPSA) is 41.5 Å². The highest BCUT2D eigenvalue weighted by Gasteiger charge is 2.31. The zero-order valence-corrected chi connectivity index (χ0v) is 12.5. The number of phenolic OH excluding ortho intramolecular Hbond substituents is 1.